The second-order valence-electron chi connectivity index (χ2n) is 7.91. The van der Waals surface area contributed by atoms with Gasteiger partial charge >= 0.3 is 0 Å². The van der Waals surface area contributed by atoms with E-state index in [9.17, 15) is 0 Å². The van der Waals surface area contributed by atoms with Gasteiger partial charge in [0.15, 0.2) is 0 Å². The van der Waals surface area contributed by atoms with Crippen LogP contribution in [0.1, 0.15) is 61.8 Å². The van der Waals surface area contributed by atoms with Crippen molar-refractivity contribution in [2.45, 2.75) is 51.2 Å². The summed E-state index contributed by atoms with van der Waals surface area (Å²) in [5.74, 6) is 0.469. The molecule has 24 heavy (non-hydrogen) atoms. The molecule has 1 fully saturated rings. The zero-order chi connectivity index (χ0) is 16.9. The summed E-state index contributed by atoms with van der Waals surface area (Å²) in [6.45, 7) is 7.65. The van der Waals surface area contributed by atoms with E-state index in [1.165, 1.54) is 28.1 Å². The van der Waals surface area contributed by atoms with Gasteiger partial charge in [-0.25, -0.2) is 0 Å². The number of hydrogen-bond acceptors (Lipinski definition) is 3. The van der Waals surface area contributed by atoms with Crippen molar-refractivity contribution in [3.63, 3.8) is 0 Å². The first-order valence-corrected chi connectivity index (χ1v) is 9.91. The van der Waals surface area contributed by atoms with Crippen molar-refractivity contribution in [2.75, 3.05) is 11.9 Å². The van der Waals surface area contributed by atoms with Crippen LogP contribution in [0.3, 0.4) is 0 Å². The highest BCUT2D eigenvalue weighted by atomic mass is 35.5. The maximum atomic E-state index is 6.27. The van der Waals surface area contributed by atoms with Gasteiger partial charge in [-0.15, -0.1) is 11.3 Å². The third-order valence-electron chi connectivity index (χ3n) is 5.23. The van der Waals surface area contributed by atoms with Gasteiger partial charge in [-0.3, -0.25) is 0 Å². The van der Waals surface area contributed by atoms with Gasteiger partial charge < -0.3 is 10.1 Å². The van der Waals surface area contributed by atoms with Crippen LogP contribution >= 0.6 is 22.9 Å². The molecule has 4 rings (SSSR count). The predicted molar refractivity (Wildman–Crippen MR) is 102 cm³/mol. The molecule has 4 heteroatoms. The molecule has 128 valence electrons. The summed E-state index contributed by atoms with van der Waals surface area (Å²) in [5, 5.41) is 3.78. The van der Waals surface area contributed by atoms with E-state index < -0.39 is 0 Å². The molecule has 2 nitrogen and oxygen atoms in total. The molecule has 0 amide bonds. The predicted octanol–water partition coefficient (Wildman–Crippen LogP) is 6.33. The van der Waals surface area contributed by atoms with Gasteiger partial charge in [0.05, 0.1) is 16.5 Å². The Labute approximate surface area is 153 Å². The van der Waals surface area contributed by atoms with Crippen molar-refractivity contribution >= 4 is 28.6 Å². The molecule has 2 aliphatic rings. The maximum absolute atomic E-state index is 6.27. The van der Waals surface area contributed by atoms with E-state index in [-0.39, 0.29) is 11.5 Å². The van der Waals surface area contributed by atoms with E-state index in [2.05, 4.69) is 50.4 Å². The van der Waals surface area contributed by atoms with E-state index in [0.29, 0.717) is 12.0 Å². The van der Waals surface area contributed by atoms with Crippen molar-refractivity contribution in [1.29, 1.82) is 0 Å². The second kappa shape index (κ2) is 6.05. The zero-order valence-corrected chi connectivity index (χ0v) is 16.0. The topological polar surface area (TPSA) is 21.3 Å². The molecule has 0 saturated carbocycles. The molecule has 0 unspecified atom stereocenters. The molecule has 0 aliphatic carbocycles. The second-order valence-corrected chi connectivity index (χ2v) is 9.66. The van der Waals surface area contributed by atoms with Crippen LogP contribution in [0, 0.1) is 5.92 Å². The van der Waals surface area contributed by atoms with Crippen LogP contribution in [0.5, 0.6) is 0 Å². The number of thiophene rings is 1. The van der Waals surface area contributed by atoms with Gasteiger partial charge in [0.2, 0.25) is 0 Å². The van der Waals surface area contributed by atoms with Gasteiger partial charge in [0, 0.05) is 28.7 Å². The summed E-state index contributed by atoms with van der Waals surface area (Å²) in [7, 11) is 0. The molecule has 1 aromatic heterocycles. The molecule has 3 atom stereocenters. The molecular weight excluding hydrogens is 338 g/mol. The highest BCUT2D eigenvalue weighted by Crippen LogP contribution is 2.51. The number of fused-ring (bicyclic) bond motifs is 3. The van der Waals surface area contributed by atoms with Crippen LogP contribution in [0.25, 0.3) is 0 Å². The summed E-state index contributed by atoms with van der Waals surface area (Å²) >= 11 is 7.86. The summed E-state index contributed by atoms with van der Waals surface area (Å²) in [6.07, 6.45) is 2.51. The molecule has 1 N–H and O–H groups in total. The molecular formula is C20H24ClNOS. The van der Waals surface area contributed by atoms with Crippen LogP contribution in [0.4, 0.5) is 5.69 Å². The molecule has 1 aromatic carbocycles. The van der Waals surface area contributed by atoms with E-state index in [1.807, 2.05) is 6.07 Å². The van der Waals surface area contributed by atoms with Gasteiger partial charge in [-0.1, -0.05) is 44.5 Å². The molecule has 1 saturated heterocycles. The third kappa shape index (κ3) is 2.87. The molecule has 2 aliphatic heterocycles. The Bertz CT molecular complexity index is 748. The normalized spacial score (nSPS) is 26.4. The minimum atomic E-state index is 0.150. The smallest absolute Gasteiger partial charge is 0.0932 e. The third-order valence-corrected chi connectivity index (χ3v) is 6.55. The van der Waals surface area contributed by atoms with Crippen LogP contribution in [-0.4, -0.2) is 6.61 Å². The van der Waals surface area contributed by atoms with Crippen molar-refractivity contribution in [2.24, 2.45) is 5.92 Å². The highest BCUT2D eigenvalue weighted by Gasteiger charge is 2.40. The number of ether oxygens (including phenoxy) is 1. The van der Waals surface area contributed by atoms with Crippen molar-refractivity contribution in [3.8, 4) is 0 Å². The van der Waals surface area contributed by atoms with Gasteiger partial charge in [0.1, 0.15) is 0 Å². The van der Waals surface area contributed by atoms with Crippen molar-refractivity contribution in [3.05, 3.63) is 50.7 Å². The van der Waals surface area contributed by atoms with Crippen molar-refractivity contribution in [1.82, 2.24) is 0 Å². The summed E-state index contributed by atoms with van der Waals surface area (Å²) in [5.41, 5.74) is 4.05. The number of benzene rings is 1. The van der Waals surface area contributed by atoms with E-state index in [0.717, 1.165) is 17.4 Å². The number of anilines is 1. The van der Waals surface area contributed by atoms with E-state index in [4.69, 9.17) is 16.3 Å². The first-order valence-electron chi connectivity index (χ1n) is 8.71. The fourth-order valence-corrected chi connectivity index (χ4v) is 5.10. The summed E-state index contributed by atoms with van der Waals surface area (Å²) < 4.78 is 7.12. The molecule has 0 radical (unpaired) electrons. The van der Waals surface area contributed by atoms with Crippen LogP contribution < -0.4 is 5.32 Å². The van der Waals surface area contributed by atoms with E-state index >= 15 is 0 Å². The first kappa shape index (κ1) is 16.4. The van der Waals surface area contributed by atoms with Gasteiger partial charge in [0.25, 0.3) is 0 Å². The first-order chi connectivity index (χ1) is 11.4. The monoisotopic (exact) mass is 361 g/mol. The number of halogens is 1. The lowest BCUT2D eigenvalue weighted by molar-refractivity contribution is -0.0378. The quantitative estimate of drug-likeness (QED) is 0.640. The van der Waals surface area contributed by atoms with E-state index in [1.54, 1.807) is 11.3 Å². The fraction of sp³-hybridized carbons (Fsp3) is 0.500. The lowest BCUT2D eigenvalue weighted by Crippen LogP contribution is -2.35. The minimum Gasteiger partial charge on any atom is -0.377 e. The number of hydrogen-bond donors (Lipinski definition) is 1. The van der Waals surface area contributed by atoms with Crippen LogP contribution in [0.2, 0.25) is 4.34 Å². The average molecular weight is 362 g/mol. The Kier molecular flexibility index (Phi) is 4.14. The fourth-order valence-electron chi connectivity index (χ4n) is 3.91. The van der Waals surface area contributed by atoms with Gasteiger partial charge in [-0.2, -0.15) is 0 Å². The number of nitrogens with one attached hydrogen (secondary N) is 1. The number of rotatable bonds is 1. The Morgan fingerprint density at radius 3 is 2.75 bits per heavy atom. The summed E-state index contributed by atoms with van der Waals surface area (Å²) in [4.78, 5) is 1.31. The highest BCUT2D eigenvalue weighted by molar-refractivity contribution is 7.16. The Hall–Kier alpha value is -1.03. The molecule has 2 aromatic rings. The van der Waals surface area contributed by atoms with Crippen molar-refractivity contribution < 1.29 is 4.74 Å². The zero-order valence-electron chi connectivity index (χ0n) is 14.4. The lowest BCUT2D eigenvalue weighted by Gasteiger charge is -2.43. The molecule has 3 heterocycles. The lowest BCUT2D eigenvalue weighted by atomic mass is 9.77. The Morgan fingerprint density at radius 2 is 2.04 bits per heavy atom. The Morgan fingerprint density at radius 1 is 1.21 bits per heavy atom. The average Bonchev–Trinajstić information content (AvgIpc) is 2.99. The maximum Gasteiger partial charge on any atom is 0.0932 e. The SMILES string of the molecule is CC(C)(C)c1ccc2c(c1)[C@H]1OCCC[C@H]1[C@H](c1ccc(Cl)s1)N2. The minimum absolute atomic E-state index is 0.150. The largest absolute Gasteiger partial charge is 0.377 e. The summed E-state index contributed by atoms with van der Waals surface area (Å²) in [6, 6.07) is 11.3. The Balaban J connectivity index is 1.77. The standard InChI is InChI=1S/C20H24ClNOS/c1-20(2,3)12-6-7-15-14(11-12)19-13(5-4-10-23-19)18(22-15)16-8-9-17(21)24-16/h6-9,11,13,18-19,22H,4-5,10H2,1-3H3/t13-,18+,19-/m0/s1. The van der Waals surface area contributed by atoms with Crippen LogP contribution in [0.15, 0.2) is 30.3 Å². The van der Waals surface area contributed by atoms with Gasteiger partial charge in [-0.05, 0) is 42.0 Å². The molecule has 0 bridgehead atoms. The molecule has 0 spiro atoms. The van der Waals surface area contributed by atoms with Crippen LogP contribution in [-0.2, 0) is 10.2 Å².